The van der Waals surface area contributed by atoms with Crippen LogP contribution in [0.2, 0.25) is 0 Å². The van der Waals surface area contributed by atoms with Crippen molar-refractivity contribution in [2.24, 2.45) is 5.10 Å². The predicted octanol–water partition coefficient (Wildman–Crippen LogP) is 4.75. The summed E-state index contributed by atoms with van der Waals surface area (Å²) in [6, 6.07) is 11.2. The van der Waals surface area contributed by atoms with Crippen LogP contribution in [-0.4, -0.2) is 31.2 Å². The molecule has 0 unspecified atom stereocenters. The van der Waals surface area contributed by atoms with Crippen molar-refractivity contribution in [2.45, 2.75) is 53.4 Å². The van der Waals surface area contributed by atoms with Gasteiger partial charge >= 0.3 is 0 Å². The first kappa shape index (κ1) is 24.9. The second-order valence-corrected chi connectivity index (χ2v) is 7.43. The highest BCUT2D eigenvalue weighted by Gasteiger charge is 2.09. The number of nitrogens with zero attached hydrogens (tertiary/aromatic N) is 1. The van der Waals surface area contributed by atoms with Crippen LogP contribution in [0.15, 0.2) is 41.5 Å². The van der Waals surface area contributed by atoms with Crippen LogP contribution in [0.25, 0.3) is 0 Å². The van der Waals surface area contributed by atoms with E-state index in [4.69, 9.17) is 9.47 Å². The average molecular weight is 440 g/mol. The van der Waals surface area contributed by atoms with Crippen molar-refractivity contribution in [3.63, 3.8) is 0 Å². The number of hydrogen-bond acceptors (Lipinski definition) is 5. The van der Waals surface area contributed by atoms with Gasteiger partial charge in [0.05, 0.1) is 19.4 Å². The number of amides is 2. The van der Waals surface area contributed by atoms with Crippen LogP contribution >= 0.6 is 0 Å². The third kappa shape index (κ3) is 8.06. The molecule has 2 N–H and O–H groups in total. The molecule has 0 bridgehead atoms. The molecule has 2 rings (SSSR count). The van der Waals surface area contributed by atoms with E-state index in [0.717, 1.165) is 35.2 Å². The minimum atomic E-state index is -0.332. The second-order valence-electron chi connectivity index (χ2n) is 7.43. The Morgan fingerprint density at radius 2 is 1.78 bits per heavy atom. The van der Waals surface area contributed by atoms with Crippen molar-refractivity contribution in [3.8, 4) is 11.5 Å². The van der Waals surface area contributed by atoms with Gasteiger partial charge < -0.3 is 14.8 Å². The van der Waals surface area contributed by atoms with Crippen LogP contribution in [0.3, 0.4) is 0 Å². The van der Waals surface area contributed by atoms with Crippen molar-refractivity contribution in [2.75, 3.05) is 18.5 Å². The summed E-state index contributed by atoms with van der Waals surface area (Å²) in [4.78, 5) is 24.2. The monoisotopic (exact) mass is 439 g/mol. The first-order valence-electron chi connectivity index (χ1n) is 11.0. The zero-order chi connectivity index (χ0) is 23.3. The summed E-state index contributed by atoms with van der Waals surface area (Å²) in [7, 11) is 0. The number of unbranched alkanes of at least 4 members (excludes halogenated alkanes) is 1. The Labute approximate surface area is 190 Å². The Kier molecular flexibility index (Phi) is 10.2. The number of carbonyl (C=O) groups excluding carboxylic acids is 2. The summed E-state index contributed by atoms with van der Waals surface area (Å²) in [6.45, 7) is 9.11. The molecule has 2 aromatic rings. The maximum Gasteiger partial charge on any atom is 0.240 e. The molecule has 2 aromatic carbocycles. The largest absolute Gasteiger partial charge is 0.490 e. The van der Waals surface area contributed by atoms with E-state index in [1.54, 1.807) is 0 Å². The molecule has 172 valence electrons. The SMILES string of the molecule is CCCCOc1ccc(C=NNC(=O)CCC(=O)Nc2cccc(C)c2C)cc1OCC. The van der Waals surface area contributed by atoms with E-state index in [1.807, 2.05) is 57.2 Å². The van der Waals surface area contributed by atoms with Crippen molar-refractivity contribution < 1.29 is 19.1 Å². The summed E-state index contributed by atoms with van der Waals surface area (Å²) in [6.07, 6.45) is 3.69. The van der Waals surface area contributed by atoms with E-state index in [-0.39, 0.29) is 24.7 Å². The Morgan fingerprint density at radius 1 is 1.00 bits per heavy atom. The molecule has 32 heavy (non-hydrogen) atoms. The zero-order valence-electron chi connectivity index (χ0n) is 19.4. The lowest BCUT2D eigenvalue weighted by Crippen LogP contribution is -2.21. The number of aryl methyl sites for hydroxylation is 1. The molecule has 0 atom stereocenters. The molecule has 0 heterocycles. The van der Waals surface area contributed by atoms with Crippen molar-refractivity contribution in [1.29, 1.82) is 0 Å². The van der Waals surface area contributed by atoms with Gasteiger partial charge in [-0.3, -0.25) is 9.59 Å². The number of hydrogen-bond donors (Lipinski definition) is 2. The van der Waals surface area contributed by atoms with E-state index >= 15 is 0 Å². The number of nitrogens with one attached hydrogen (secondary N) is 2. The van der Waals surface area contributed by atoms with Crippen LogP contribution in [0.1, 0.15) is 56.2 Å². The molecule has 0 spiro atoms. The van der Waals surface area contributed by atoms with Crippen molar-refractivity contribution in [3.05, 3.63) is 53.1 Å². The molecule has 7 nitrogen and oxygen atoms in total. The fraction of sp³-hybridized carbons (Fsp3) is 0.400. The van der Waals surface area contributed by atoms with Gasteiger partial charge in [0, 0.05) is 18.5 Å². The predicted molar refractivity (Wildman–Crippen MR) is 128 cm³/mol. The van der Waals surface area contributed by atoms with E-state index < -0.39 is 0 Å². The van der Waals surface area contributed by atoms with Crippen LogP contribution in [0, 0.1) is 13.8 Å². The van der Waals surface area contributed by atoms with Gasteiger partial charge in [-0.2, -0.15) is 5.10 Å². The van der Waals surface area contributed by atoms with Crippen LogP contribution in [-0.2, 0) is 9.59 Å². The summed E-state index contributed by atoms with van der Waals surface area (Å²) in [5, 5.41) is 6.83. The standard InChI is InChI=1S/C25H33N3O4/c1-5-7-15-32-22-12-11-20(16-23(22)31-6-2)17-26-28-25(30)14-13-24(29)27-21-10-8-9-18(3)19(21)4/h8-12,16-17H,5-7,13-15H2,1-4H3,(H,27,29)(H,28,30). The highest BCUT2D eigenvalue weighted by Crippen LogP contribution is 2.28. The third-order valence-electron chi connectivity index (χ3n) is 4.88. The molecular formula is C25H33N3O4. The van der Waals surface area contributed by atoms with E-state index in [1.165, 1.54) is 6.21 Å². The third-order valence-corrected chi connectivity index (χ3v) is 4.88. The summed E-state index contributed by atoms with van der Waals surface area (Å²) < 4.78 is 11.4. The van der Waals surface area contributed by atoms with E-state index in [9.17, 15) is 9.59 Å². The first-order valence-corrected chi connectivity index (χ1v) is 11.0. The number of carbonyl (C=O) groups is 2. The lowest BCUT2D eigenvalue weighted by molar-refractivity contribution is -0.124. The highest BCUT2D eigenvalue weighted by atomic mass is 16.5. The van der Waals surface area contributed by atoms with Gasteiger partial charge in [0.2, 0.25) is 11.8 Å². The number of rotatable bonds is 12. The number of benzene rings is 2. The second kappa shape index (κ2) is 13.1. The molecule has 0 saturated carbocycles. The molecule has 7 heteroatoms. The normalized spacial score (nSPS) is 10.8. The topological polar surface area (TPSA) is 89.0 Å². The number of anilines is 1. The lowest BCUT2D eigenvalue weighted by Gasteiger charge is -2.12. The quantitative estimate of drug-likeness (QED) is 0.284. The molecule has 0 radical (unpaired) electrons. The van der Waals surface area contributed by atoms with E-state index in [0.29, 0.717) is 24.7 Å². The highest BCUT2D eigenvalue weighted by molar-refractivity contribution is 5.94. The van der Waals surface area contributed by atoms with Crippen molar-refractivity contribution >= 4 is 23.7 Å². The molecule has 0 aliphatic rings. The Bertz CT molecular complexity index is 941. The van der Waals surface area contributed by atoms with Gasteiger partial charge in [-0.05, 0) is 68.1 Å². The Morgan fingerprint density at radius 3 is 2.53 bits per heavy atom. The summed E-state index contributed by atoms with van der Waals surface area (Å²) in [5.41, 5.74) is 6.11. The fourth-order valence-corrected chi connectivity index (χ4v) is 2.88. The minimum absolute atomic E-state index is 0.0441. The Hall–Kier alpha value is -3.35. The van der Waals surface area contributed by atoms with E-state index in [2.05, 4.69) is 22.8 Å². The van der Waals surface area contributed by atoms with Crippen LogP contribution < -0.4 is 20.2 Å². The zero-order valence-corrected chi connectivity index (χ0v) is 19.4. The molecule has 0 saturated heterocycles. The van der Waals surface area contributed by atoms with Crippen molar-refractivity contribution in [1.82, 2.24) is 5.43 Å². The lowest BCUT2D eigenvalue weighted by atomic mass is 10.1. The van der Waals surface area contributed by atoms with Gasteiger partial charge in [0.15, 0.2) is 11.5 Å². The van der Waals surface area contributed by atoms with Crippen LogP contribution in [0.5, 0.6) is 11.5 Å². The van der Waals surface area contributed by atoms with Gasteiger partial charge in [-0.15, -0.1) is 0 Å². The molecule has 0 aromatic heterocycles. The molecular weight excluding hydrogens is 406 g/mol. The fourth-order valence-electron chi connectivity index (χ4n) is 2.88. The average Bonchev–Trinajstić information content (AvgIpc) is 2.77. The van der Waals surface area contributed by atoms with Gasteiger partial charge in [0.1, 0.15) is 0 Å². The number of hydrazone groups is 1. The Balaban J connectivity index is 1.83. The maximum absolute atomic E-state index is 12.1. The van der Waals surface area contributed by atoms with Gasteiger partial charge in [-0.1, -0.05) is 25.5 Å². The van der Waals surface area contributed by atoms with Gasteiger partial charge in [-0.25, -0.2) is 5.43 Å². The smallest absolute Gasteiger partial charge is 0.240 e. The molecule has 0 aliphatic heterocycles. The summed E-state index contributed by atoms with van der Waals surface area (Å²) in [5.74, 6) is 0.790. The van der Waals surface area contributed by atoms with Gasteiger partial charge in [0.25, 0.3) is 0 Å². The minimum Gasteiger partial charge on any atom is -0.490 e. The summed E-state index contributed by atoms with van der Waals surface area (Å²) >= 11 is 0. The first-order chi connectivity index (χ1) is 15.4. The molecule has 0 aliphatic carbocycles. The van der Waals surface area contributed by atoms with Crippen LogP contribution in [0.4, 0.5) is 5.69 Å². The molecule has 0 fully saturated rings. The molecule has 2 amide bonds. The number of ether oxygens (including phenoxy) is 2. The maximum atomic E-state index is 12.1.